The maximum absolute atomic E-state index is 10.9. The van der Waals surface area contributed by atoms with E-state index < -0.39 is 0 Å². The van der Waals surface area contributed by atoms with Crippen molar-refractivity contribution in [2.24, 2.45) is 0 Å². The number of unbranched alkanes of at least 4 members (excludes halogenated alkanes) is 1. The lowest BCUT2D eigenvalue weighted by molar-refractivity contribution is 0.281. The average molecular weight is 156 g/mol. The number of aliphatic hydroxyl groups is 1. The van der Waals surface area contributed by atoms with Crippen LogP contribution in [0.2, 0.25) is 0 Å². The molecule has 0 saturated carbocycles. The van der Waals surface area contributed by atoms with Crippen LogP contribution in [0.5, 0.6) is 0 Å². The number of aromatic amines is 1. The van der Waals surface area contributed by atoms with Crippen molar-refractivity contribution in [1.29, 1.82) is 0 Å². The van der Waals surface area contributed by atoms with Crippen molar-refractivity contribution >= 4 is 0 Å². The average Bonchev–Trinajstić information content (AvgIpc) is 2.37. The second-order valence-corrected chi connectivity index (χ2v) is 2.39. The van der Waals surface area contributed by atoms with E-state index in [0.717, 1.165) is 12.8 Å². The van der Waals surface area contributed by atoms with Gasteiger partial charge in [0.15, 0.2) is 0 Å². The number of hydrogen-bond acceptors (Lipinski definition) is 2. The van der Waals surface area contributed by atoms with Crippen LogP contribution in [0, 0.1) is 0 Å². The summed E-state index contributed by atoms with van der Waals surface area (Å²) >= 11 is 0. The molecule has 1 heterocycles. The highest BCUT2D eigenvalue weighted by atomic mass is 16.2. The third-order valence-electron chi connectivity index (χ3n) is 1.53. The fourth-order valence-corrected chi connectivity index (χ4v) is 0.919. The highest BCUT2D eigenvalue weighted by molar-refractivity contribution is 4.75. The number of rotatable bonds is 4. The SMILES string of the molecule is O=c1[nH]ccn1CCCCO. The normalized spacial score (nSPS) is 10.3. The van der Waals surface area contributed by atoms with Crippen LogP contribution in [0.15, 0.2) is 17.2 Å². The lowest BCUT2D eigenvalue weighted by Gasteiger charge is -1.97. The molecule has 2 N–H and O–H groups in total. The Balaban J connectivity index is 2.39. The zero-order valence-electron chi connectivity index (χ0n) is 6.29. The Morgan fingerprint density at radius 1 is 1.55 bits per heavy atom. The zero-order valence-corrected chi connectivity index (χ0v) is 6.29. The lowest BCUT2D eigenvalue weighted by Crippen LogP contribution is -2.16. The van der Waals surface area contributed by atoms with E-state index >= 15 is 0 Å². The van der Waals surface area contributed by atoms with Gasteiger partial charge in [0.2, 0.25) is 0 Å². The van der Waals surface area contributed by atoms with Gasteiger partial charge in [-0.15, -0.1) is 0 Å². The molecular formula is C7H12N2O2. The molecule has 0 bridgehead atoms. The predicted molar refractivity (Wildman–Crippen MR) is 41.4 cm³/mol. The van der Waals surface area contributed by atoms with Gasteiger partial charge >= 0.3 is 5.69 Å². The Kier molecular flexibility index (Phi) is 2.92. The number of hydrogen-bond donors (Lipinski definition) is 2. The molecule has 1 aromatic rings. The summed E-state index contributed by atoms with van der Waals surface area (Å²) in [6.45, 7) is 0.877. The molecule has 4 nitrogen and oxygen atoms in total. The van der Waals surface area contributed by atoms with E-state index in [1.165, 1.54) is 0 Å². The topological polar surface area (TPSA) is 58.0 Å². The minimum Gasteiger partial charge on any atom is -0.396 e. The monoisotopic (exact) mass is 156 g/mol. The van der Waals surface area contributed by atoms with Crippen LogP contribution < -0.4 is 5.69 Å². The summed E-state index contributed by atoms with van der Waals surface area (Å²) in [5.41, 5.74) is -0.0806. The molecule has 0 aliphatic rings. The second kappa shape index (κ2) is 3.98. The molecule has 0 aliphatic carbocycles. The Hall–Kier alpha value is -1.03. The maximum atomic E-state index is 10.9. The van der Waals surface area contributed by atoms with Gasteiger partial charge in [-0.2, -0.15) is 0 Å². The molecule has 0 unspecified atom stereocenters. The number of aryl methyl sites for hydroxylation is 1. The van der Waals surface area contributed by atoms with Crippen molar-refractivity contribution in [3.05, 3.63) is 22.9 Å². The summed E-state index contributed by atoms with van der Waals surface area (Å²) in [5, 5.41) is 8.47. The first-order chi connectivity index (χ1) is 5.34. The van der Waals surface area contributed by atoms with Crippen molar-refractivity contribution in [3.63, 3.8) is 0 Å². The fourth-order valence-electron chi connectivity index (χ4n) is 0.919. The van der Waals surface area contributed by atoms with Crippen molar-refractivity contribution in [1.82, 2.24) is 9.55 Å². The highest BCUT2D eigenvalue weighted by Gasteiger charge is 1.93. The third-order valence-corrected chi connectivity index (χ3v) is 1.53. The molecule has 1 aromatic heterocycles. The number of H-pyrrole nitrogens is 1. The van der Waals surface area contributed by atoms with Gasteiger partial charge in [-0.05, 0) is 12.8 Å². The van der Waals surface area contributed by atoms with Crippen LogP contribution >= 0.6 is 0 Å². The van der Waals surface area contributed by atoms with E-state index in [9.17, 15) is 4.79 Å². The van der Waals surface area contributed by atoms with E-state index in [1.807, 2.05) is 0 Å². The van der Waals surface area contributed by atoms with E-state index in [4.69, 9.17) is 5.11 Å². The molecule has 0 amide bonds. The Morgan fingerprint density at radius 3 is 2.91 bits per heavy atom. The third kappa shape index (κ3) is 2.23. The van der Waals surface area contributed by atoms with Crippen LogP contribution in [-0.2, 0) is 6.54 Å². The van der Waals surface area contributed by atoms with Gasteiger partial charge in [0.1, 0.15) is 0 Å². The first-order valence-corrected chi connectivity index (χ1v) is 3.69. The van der Waals surface area contributed by atoms with Crippen LogP contribution in [-0.4, -0.2) is 21.3 Å². The molecule has 0 fully saturated rings. The van der Waals surface area contributed by atoms with Gasteiger partial charge in [-0.1, -0.05) is 0 Å². The van der Waals surface area contributed by atoms with Gasteiger partial charge in [-0.3, -0.25) is 4.57 Å². The van der Waals surface area contributed by atoms with Crippen molar-refractivity contribution in [2.75, 3.05) is 6.61 Å². The zero-order chi connectivity index (χ0) is 8.10. The van der Waals surface area contributed by atoms with Gasteiger partial charge in [0.05, 0.1) is 0 Å². The Morgan fingerprint density at radius 2 is 2.36 bits per heavy atom. The number of nitrogens with zero attached hydrogens (tertiary/aromatic N) is 1. The summed E-state index contributed by atoms with van der Waals surface area (Å²) in [4.78, 5) is 13.4. The quantitative estimate of drug-likeness (QED) is 0.600. The van der Waals surface area contributed by atoms with E-state index in [1.54, 1.807) is 17.0 Å². The van der Waals surface area contributed by atoms with Crippen LogP contribution in [0.25, 0.3) is 0 Å². The first-order valence-electron chi connectivity index (χ1n) is 3.69. The molecule has 1 rings (SSSR count). The minimum absolute atomic E-state index is 0.0806. The largest absolute Gasteiger partial charge is 0.396 e. The number of nitrogens with one attached hydrogen (secondary N) is 1. The molecule has 62 valence electrons. The highest BCUT2D eigenvalue weighted by Crippen LogP contribution is 1.90. The first kappa shape index (κ1) is 8.07. The predicted octanol–water partition coefficient (Wildman–Crippen LogP) is -0.0511. The fraction of sp³-hybridized carbons (Fsp3) is 0.571. The standard InChI is InChI=1S/C7H12N2O2/c10-6-2-1-4-9-5-3-8-7(9)11/h3,5,10H,1-2,4,6H2,(H,8,11). The molecule has 0 radical (unpaired) electrons. The molecule has 11 heavy (non-hydrogen) atoms. The number of aliphatic hydroxyl groups excluding tert-OH is 1. The van der Waals surface area contributed by atoms with Crippen molar-refractivity contribution < 1.29 is 5.11 Å². The van der Waals surface area contributed by atoms with Gasteiger partial charge < -0.3 is 10.1 Å². The summed E-state index contributed by atoms with van der Waals surface area (Å²) in [6, 6.07) is 0. The summed E-state index contributed by atoms with van der Waals surface area (Å²) in [5.74, 6) is 0. The maximum Gasteiger partial charge on any atom is 0.325 e. The van der Waals surface area contributed by atoms with Crippen LogP contribution in [0.1, 0.15) is 12.8 Å². The van der Waals surface area contributed by atoms with E-state index in [2.05, 4.69) is 4.98 Å². The Labute approximate surface area is 64.5 Å². The smallest absolute Gasteiger partial charge is 0.325 e. The molecule has 4 heteroatoms. The van der Waals surface area contributed by atoms with Gasteiger partial charge in [0, 0.05) is 25.5 Å². The van der Waals surface area contributed by atoms with Gasteiger partial charge in [-0.25, -0.2) is 4.79 Å². The molecule has 0 aliphatic heterocycles. The molecule has 0 spiro atoms. The second-order valence-electron chi connectivity index (χ2n) is 2.39. The number of aromatic nitrogens is 2. The van der Waals surface area contributed by atoms with Crippen LogP contribution in [0.3, 0.4) is 0 Å². The molecule has 0 aromatic carbocycles. The summed E-state index contributed by atoms with van der Waals surface area (Å²) < 4.78 is 1.59. The Bertz CT molecular complexity index is 251. The van der Waals surface area contributed by atoms with E-state index in [0.29, 0.717) is 6.54 Å². The van der Waals surface area contributed by atoms with E-state index in [-0.39, 0.29) is 12.3 Å². The van der Waals surface area contributed by atoms with Crippen LogP contribution in [0.4, 0.5) is 0 Å². The molecule has 0 saturated heterocycles. The van der Waals surface area contributed by atoms with Crippen molar-refractivity contribution in [3.8, 4) is 0 Å². The van der Waals surface area contributed by atoms with Gasteiger partial charge in [0.25, 0.3) is 0 Å². The number of imidazole rings is 1. The minimum atomic E-state index is -0.0806. The lowest BCUT2D eigenvalue weighted by atomic mass is 10.3. The summed E-state index contributed by atoms with van der Waals surface area (Å²) in [6.07, 6.45) is 4.91. The summed E-state index contributed by atoms with van der Waals surface area (Å²) in [7, 11) is 0. The molecular weight excluding hydrogens is 144 g/mol. The molecule has 0 atom stereocenters. The van der Waals surface area contributed by atoms with Crippen molar-refractivity contribution in [2.45, 2.75) is 19.4 Å².